The lowest BCUT2D eigenvalue weighted by Crippen LogP contribution is -2.45. The van der Waals surface area contributed by atoms with Crippen molar-refractivity contribution < 1.29 is 23.4 Å². The van der Waals surface area contributed by atoms with Crippen LogP contribution < -0.4 is 14.2 Å². The van der Waals surface area contributed by atoms with Gasteiger partial charge in [-0.2, -0.15) is 0 Å². The molecule has 0 amide bonds. The number of oxazole rings is 1. The topological polar surface area (TPSA) is 66.2 Å². The summed E-state index contributed by atoms with van der Waals surface area (Å²) in [6, 6.07) is 28.0. The van der Waals surface area contributed by atoms with Crippen molar-refractivity contribution in [2.75, 3.05) is 27.3 Å². The van der Waals surface area contributed by atoms with Gasteiger partial charge in [0.25, 0.3) is 0 Å². The average molecular weight is 634 g/mol. The molecule has 0 aliphatic carbocycles. The number of fused-ring (bicyclic) bond motifs is 1. The highest BCUT2D eigenvalue weighted by Crippen LogP contribution is 2.39. The molecule has 0 spiro atoms. The number of methoxy groups -OCH3 is 2. The lowest BCUT2D eigenvalue weighted by Gasteiger charge is -2.39. The van der Waals surface area contributed by atoms with E-state index in [2.05, 4.69) is 17.1 Å². The Kier molecular flexibility index (Phi) is 9.57. The zero-order valence-electron chi connectivity index (χ0n) is 24.6. The van der Waals surface area contributed by atoms with Crippen LogP contribution in [0.5, 0.6) is 17.2 Å². The second kappa shape index (κ2) is 13.9. The first-order chi connectivity index (χ1) is 21.5. The van der Waals surface area contributed by atoms with Gasteiger partial charge in [0, 0.05) is 40.9 Å². The first kappa shape index (κ1) is 30.3. The first-order valence-electron chi connectivity index (χ1n) is 14.5. The van der Waals surface area contributed by atoms with Gasteiger partial charge in [-0.3, -0.25) is 4.90 Å². The zero-order valence-corrected chi connectivity index (χ0v) is 26.1. The number of piperidine rings is 1. The van der Waals surface area contributed by atoms with Crippen LogP contribution in [0.1, 0.15) is 29.2 Å². The van der Waals surface area contributed by atoms with E-state index < -0.39 is 4.96 Å². The Balaban J connectivity index is 1.16. The van der Waals surface area contributed by atoms with E-state index in [0.29, 0.717) is 24.8 Å². The predicted octanol–water partition coefficient (Wildman–Crippen LogP) is 8.23. The van der Waals surface area contributed by atoms with Crippen molar-refractivity contribution in [1.82, 2.24) is 9.88 Å². The molecule has 5 aromatic rings. The van der Waals surface area contributed by atoms with E-state index in [4.69, 9.17) is 46.6 Å². The number of benzene rings is 4. The normalized spacial score (nSPS) is 17.2. The molecule has 2 unspecified atom stereocenters. The van der Waals surface area contributed by atoms with Crippen LogP contribution in [0.25, 0.3) is 22.2 Å². The molecule has 2 atom stereocenters. The summed E-state index contributed by atoms with van der Waals surface area (Å²) in [6.07, 6.45) is 2.40. The van der Waals surface area contributed by atoms with Gasteiger partial charge in [0.05, 0.1) is 33.1 Å². The van der Waals surface area contributed by atoms with Crippen LogP contribution in [0, 0.1) is 0 Å². The summed E-state index contributed by atoms with van der Waals surface area (Å²) in [7, 11) is 3.36. The van der Waals surface area contributed by atoms with Crippen molar-refractivity contribution in [2.24, 2.45) is 0 Å². The van der Waals surface area contributed by atoms with Gasteiger partial charge in [-0.25, -0.2) is 4.98 Å². The summed E-state index contributed by atoms with van der Waals surface area (Å²) in [4.78, 5) is 5.80. The number of hydrogen-bond donors (Lipinski definition) is 0. The fourth-order valence-corrected chi connectivity index (χ4v) is 6.16. The van der Waals surface area contributed by atoms with Gasteiger partial charge in [-0.05, 0) is 42.3 Å². The molecule has 1 saturated heterocycles. The van der Waals surface area contributed by atoms with Gasteiger partial charge in [-0.15, -0.1) is 0 Å². The molecule has 1 aromatic heterocycles. The molecule has 7 nitrogen and oxygen atoms in total. The molecule has 1 aliphatic rings. The number of hydrogen-bond acceptors (Lipinski definition) is 7. The van der Waals surface area contributed by atoms with Crippen molar-refractivity contribution in [2.45, 2.75) is 36.6 Å². The van der Waals surface area contributed by atoms with Crippen molar-refractivity contribution >= 4 is 34.0 Å². The summed E-state index contributed by atoms with van der Waals surface area (Å²) < 4.78 is 30.1. The predicted molar refractivity (Wildman–Crippen MR) is 173 cm³/mol. The highest BCUT2D eigenvalue weighted by molar-refractivity contribution is 6.43. The van der Waals surface area contributed by atoms with Crippen LogP contribution >= 0.6 is 23.2 Å². The van der Waals surface area contributed by atoms with Crippen LogP contribution in [0.3, 0.4) is 0 Å². The monoisotopic (exact) mass is 632 g/mol. The molecule has 1 aliphatic heterocycles. The van der Waals surface area contributed by atoms with Crippen LogP contribution in [0.2, 0.25) is 0 Å². The summed E-state index contributed by atoms with van der Waals surface area (Å²) in [5.74, 6) is 3.68. The number of ether oxygens (including phenoxy) is 4. The summed E-state index contributed by atoms with van der Waals surface area (Å²) in [5.41, 5.74) is 3.01. The molecule has 2 heterocycles. The maximum absolute atomic E-state index is 6.64. The Morgan fingerprint density at radius 3 is 2.39 bits per heavy atom. The van der Waals surface area contributed by atoms with Crippen LogP contribution in [0.15, 0.2) is 95.5 Å². The van der Waals surface area contributed by atoms with Crippen molar-refractivity contribution in [1.29, 1.82) is 0 Å². The Morgan fingerprint density at radius 1 is 0.909 bits per heavy atom. The fourth-order valence-electron chi connectivity index (χ4n) is 5.81. The smallest absolute Gasteiger partial charge is 0.226 e. The number of halogens is 2. The molecule has 0 bridgehead atoms. The van der Waals surface area contributed by atoms with E-state index in [1.807, 2.05) is 77.7 Å². The lowest BCUT2D eigenvalue weighted by atomic mass is 9.87. The molecule has 9 heteroatoms. The van der Waals surface area contributed by atoms with Crippen LogP contribution in [0.4, 0.5) is 0 Å². The van der Waals surface area contributed by atoms with Gasteiger partial charge < -0.3 is 23.4 Å². The third-order valence-corrected chi connectivity index (χ3v) is 8.59. The van der Waals surface area contributed by atoms with E-state index in [0.717, 1.165) is 57.7 Å². The Morgan fingerprint density at radius 2 is 1.66 bits per heavy atom. The van der Waals surface area contributed by atoms with Crippen LogP contribution in [-0.2, 0) is 18.0 Å². The van der Waals surface area contributed by atoms with Crippen molar-refractivity contribution in [3.05, 3.63) is 108 Å². The van der Waals surface area contributed by atoms with Gasteiger partial charge in [0.2, 0.25) is 5.89 Å². The minimum atomic E-state index is -0.605. The fraction of sp³-hybridized carbons (Fsp3) is 0.286. The van der Waals surface area contributed by atoms with Gasteiger partial charge >= 0.3 is 0 Å². The van der Waals surface area contributed by atoms with Gasteiger partial charge in [0.1, 0.15) is 23.9 Å². The van der Waals surface area contributed by atoms with E-state index in [1.54, 1.807) is 20.4 Å². The number of rotatable bonds is 11. The first-order valence-corrected chi connectivity index (χ1v) is 15.4. The maximum Gasteiger partial charge on any atom is 0.226 e. The van der Waals surface area contributed by atoms with E-state index in [-0.39, 0.29) is 18.6 Å². The number of nitrogens with zero attached hydrogens (tertiary/aromatic N) is 2. The van der Waals surface area contributed by atoms with E-state index in [9.17, 15) is 0 Å². The van der Waals surface area contributed by atoms with Crippen molar-refractivity contribution in [3.8, 4) is 28.7 Å². The molecule has 0 N–H and O–H groups in total. The maximum atomic E-state index is 6.64. The third-order valence-electron chi connectivity index (χ3n) is 8.04. The lowest BCUT2D eigenvalue weighted by molar-refractivity contribution is -0.0231. The zero-order chi connectivity index (χ0) is 30.5. The van der Waals surface area contributed by atoms with E-state index in [1.165, 1.54) is 0 Å². The molecule has 228 valence electrons. The second-order valence-electron chi connectivity index (χ2n) is 10.7. The Bertz CT molecular complexity index is 1680. The Labute approximate surface area is 267 Å². The number of likely N-dealkylation sites (tertiary alicyclic amines) is 1. The highest BCUT2D eigenvalue weighted by atomic mass is 35.5. The number of aromatic nitrogens is 1. The molecular weight excluding hydrogens is 599 g/mol. The SMILES string of the molecule is COc1cc(COC2CN(C(Cl)Cl)CCC2c2ccc(OCc3cnc(-c4ccccc4)o3)cc2)c(OC)c2ccccc12. The average Bonchev–Trinajstić information content (AvgIpc) is 3.55. The third kappa shape index (κ3) is 6.66. The molecule has 1 fully saturated rings. The van der Waals surface area contributed by atoms with E-state index >= 15 is 0 Å². The minimum absolute atomic E-state index is 0.142. The molecular formula is C35H34Cl2N2O5. The molecule has 0 radical (unpaired) electrons. The highest BCUT2D eigenvalue weighted by Gasteiger charge is 2.33. The summed E-state index contributed by atoms with van der Waals surface area (Å²) >= 11 is 12.6. The Hall–Kier alpha value is -3.75. The quantitative estimate of drug-likeness (QED) is 0.107. The van der Waals surface area contributed by atoms with Gasteiger partial charge in [0.15, 0.2) is 10.7 Å². The summed E-state index contributed by atoms with van der Waals surface area (Å²) in [5, 5.41) is 1.97. The molecule has 4 aromatic carbocycles. The van der Waals surface area contributed by atoms with Crippen molar-refractivity contribution in [3.63, 3.8) is 0 Å². The number of alkyl halides is 2. The second-order valence-corrected chi connectivity index (χ2v) is 11.7. The standard InChI is InChI=1S/C35H34Cl2N2O5/c1-40-31-18-25(33(41-2)30-11-7-6-10-29(30)31)21-43-32-20-39(35(36)37)17-16-28(32)23-12-14-26(15-13-23)42-22-27-19-38-34(44-27)24-8-4-3-5-9-24/h3-15,18-19,28,32,35H,16-17,20-22H2,1-2H3. The summed E-state index contributed by atoms with van der Waals surface area (Å²) in [6.45, 7) is 2.00. The van der Waals surface area contributed by atoms with Crippen LogP contribution in [-0.4, -0.2) is 48.3 Å². The molecule has 6 rings (SSSR count). The van der Waals surface area contributed by atoms with Gasteiger partial charge in [-0.1, -0.05) is 77.8 Å². The molecule has 44 heavy (non-hydrogen) atoms. The minimum Gasteiger partial charge on any atom is -0.496 e. The molecule has 0 saturated carbocycles. The largest absolute Gasteiger partial charge is 0.496 e.